The second kappa shape index (κ2) is 6.46. The molecule has 0 aliphatic carbocycles. The van der Waals surface area contributed by atoms with Gasteiger partial charge in [0.2, 0.25) is 16.8 Å². The number of anilines is 1. The standard InChI is InChI=1S/C16H15N3O6S/c20-16-19(11-3-4-14-15(6-11)24-10-23-14)9-12(25-16)7-18-26(21,22)13-2-1-5-17-8-13/h1-6,8,12,18H,7,9-10H2. The van der Waals surface area contributed by atoms with Crippen molar-refractivity contribution in [2.45, 2.75) is 11.0 Å². The molecule has 1 N–H and O–H groups in total. The van der Waals surface area contributed by atoms with E-state index in [1.807, 2.05) is 0 Å². The Labute approximate surface area is 149 Å². The highest BCUT2D eigenvalue weighted by Gasteiger charge is 2.34. The molecule has 26 heavy (non-hydrogen) atoms. The van der Waals surface area contributed by atoms with E-state index in [0.717, 1.165) is 0 Å². The van der Waals surface area contributed by atoms with Crippen molar-refractivity contribution in [3.63, 3.8) is 0 Å². The summed E-state index contributed by atoms with van der Waals surface area (Å²) in [5.41, 5.74) is 0.594. The molecule has 10 heteroatoms. The van der Waals surface area contributed by atoms with Crippen LogP contribution in [-0.2, 0) is 14.8 Å². The molecule has 9 nitrogen and oxygen atoms in total. The topological polar surface area (TPSA) is 107 Å². The lowest BCUT2D eigenvalue weighted by atomic mass is 10.2. The van der Waals surface area contributed by atoms with Crippen LogP contribution in [0.2, 0.25) is 0 Å². The van der Waals surface area contributed by atoms with Crippen LogP contribution in [0.15, 0.2) is 47.6 Å². The zero-order valence-corrected chi connectivity index (χ0v) is 14.3. The van der Waals surface area contributed by atoms with Gasteiger partial charge >= 0.3 is 6.09 Å². The summed E-state index contributed by atoms with van der Waals surface area (Å²) >= 11 is 0. The SMILES string of the molecule is O=C1OC(CNS(=O)(=O)c2cccnc2)CN1c1ccc2c(c1)OCO2. The number of benzene rings is 1. The predicted molar refractivity (Wildman–Crippen MR) is 89.6 cm³/mol. The van der Waals surface area contributed by atoms with Crippen molar-refractivity contribution in [3.05, 3.63) is 42.7 Å². The van der Waals surface area contributed by atoms with E-state index in [1.54, 1.807) is 18.2 Å². The lowest BCUT2D eigenvalue weighted by Crippen LogP contribution is -2.34. The first-order chi connectivity index (χ1) is 12.5. The molecule has 0 bridgehead atoms. The van der Waals surface area contributed by atoms with Gasteiger partial charge in [0.25, 0.3) is 0 Å². The maximum atomic E-state index is 12.2. The fourth-order valence-electron chi connectivity index (χ4n) is 2.68. The van der Waals surface area contributed by atoms with Crippen molar-refractivity contribution in [1.29, 1.82) is 0 Å². The monoisotopic (exact) mass is 377 g/mol. The van der Waals surface area contributed by atoms with E-state index >= 15 is 0 Å². The Morgan fingerprint density at radius 1 is 1.23 bits per heavy atom. The lowest BCUT2D eigenvalue weighted by molar-refractivity contribution is 0.143. The summed E-state index contributed by atoms with van der Waals surface area (Å²) in [7, 11) is -3.71. The Bertz CT molecular complexity index is 934. The van der Waals surface area contributed by atoms with Crippen LogP contribution >= 0.6 is 0 Å². The zero-order valence-electron chi connectivity index (χ0n) is 13.5. The molecule has 0 saturated carbocycles. The number of nitrogens with one attached hydrogen (secondary N) is 1. The summed E-state index contributed by atoms with van der Waals surface area (Å²) in [6.45, 7) is 0.319. The summed E-state index contributed by atoms with van der Waals surface area (Å²) in [4.78, 5) is 17.4. The molecule has 2 aliphatic rings. The molecule has 1 atom stereocenters. The highest BCUT2D eigenvalue weighted by atomic mass is 32.2. The number of hydrogen-bond acceptors (Lipinski definition) is 7. The first-order valence-electron chi connectivity index (χ1n) is 7.80. The molecule has 1 aromatic heterocycles. The van der Waals surface area contributed by atoms with Crippen molar-refractivity contribution in [2.75, 3.05) is 24.8 Å². The van der Waals surface area contributed by atoms with Crippen LogP contribution in [0.25, 0.3) is 0 Å². The Kier molecular flexibility index (Phi) is 4.13. The normalized spacial score (nSPS) is 18.8. The van der Waals surface area contributed by atoms with Crippen LogP contribution in [0.1, 0.15) is 0 Å². The molecule has 1 aromatic carbocycles. The second-order valence-electron chi connectivity index (χ2n) is 5.69. The molecule has 0 radical (unpaired) electrons. The van der Waals surface area contributed by atoms with Crippen LogP contribution in [0, 0.1) is 0 Å². The first kappa shape index (κ1) is 16.6. The van der Waals surface area contributed by atoms with Gasteiger partial charge in [-0.15, -0.1) is 0 Å². The fraction of sp³-hybridized carbons (Fsp3) is 0.250. The van der Waals surface area contributed by atoms with Crippen LogP contribution in [0.4, 0.5) is 10.5 Å². The van der Waals surface area contributed by atoms with Gasteiger partial charge in [0, 0.05) is 25.0 Å². The van der Waals surface area contributed by atoms with E-state index in [0.29, 0.717) is 17.2 Å². The van der Waals surface area contributed by atoms with E-state index in [2.05, 4.69) is 9.71 Å². The van der Waals surface area contributed by atoms with Gasteiger partial charge in [-0.25, -0.2) is 17.9 Å². The van der Waals surface area contributed by atoms with E-state index in [-0.39, 0.29) is 24.8 Å². The number of hydrogen-bond donors (Lipinski definition) is 1. The molecule has 1 unspecified atom stereocenters. The third-order valence-electron chi connectivity index (χ3n) is 3.99. The Morgan fingerprint density at radius 2 is 2.08 bits per heavy atom. The summed E-state index contributed by atoms with van der Waals surface area (Å²) < 4.78 is 42.7. The second-order valence-corrected chi connectivity index (χ2v) is 7.46. The fourth-order valence-corrected chi connectivity index (χ4v) is 3.71. The molecular weight excluding hydrogens is 362 g/mol. The third-order valence-corrected chi connectivity index (χ3v) is 5.40. The van der Waals surface area contributed by atoms with Gasteiger partial charge in [-0.05, 0) is 24.3 Å². The zero-order chi connectivity index (χ0) is 18.1. The Morgan fingerprint density at radius 3 is 2.88 bits per heavy atom. The summed E-state index contributed by atoms with van der Waals surface area (Å²) in [6, 6.07) is 8.09. The third kappa shape index (κ3) is 3.16. The number of carbonyl (C=O) groups is 1. The van der Waals surface area contributed by atoms with Crippen molar-refractivity contribution in [1.82, 2.24) is 9.71 Å². The molecule has 136 valence electrons. The average molecular weight is 377 g/mol. The van der Waals surface area contributed by atoms with Gasteiger partial charge in [0.1, 0.15) is 11.0 Å². The Hall–Kier alpha value is -2.85. The Balaban J connectivity index is 1.42. The van der Waals surface area contributed by atoms with Gasteiger partial charge in [-0.3, -0.25) is 9.88 Å². The molecule has 2 aromatic rings. The molecule has 1 saturated heterocycles. The molecule has 0 spiro atoms. The van der Waals surface area contributed by atoms with Crippen molar-refractivity contribution in [2.24, 2.45) is 0 Å². The number of amides is 1. The van der Waals surface area contributed by atoms with Gasteiger partial charge in [-0.2, -0.15) is 0 Å². The highest BCUT2D eigenvalue weighted by Crippen LogP contribution is 2.36. The minimum atomic E-state index is -3.71. The van der Waals surface area contributed by atoms with Crippen molar-refractivity contribution in [3.8, 4) is 11.5 Å². The van der Waals surface area contributed by atoms with Gasteiger partial charge in [0.05, 0.1) is 12.2 Å². The molecule has 4 rings (SSSR count). The number of cyclic esters (lactones) is 1. The molecule has 3 heterocycles. The smallest absolute Gasteiger partial charge is 0.414 e. The minimum Gasteiger partial charge on any atom is -0.454 e. The molecule has 1 fully saturated rings. The van der Waals surface area contributed by atoms with E-state index in [1.165, 1.54) is 29.4 Å². The van der Waals surface area contributed by atoms with E-state index in [9.17, 15) is 13.2 Å². The van der Waals surface area contributed by atoms with Gasteiger partial charge < -0.3 is 14.2 Å². The predicted octanol–water partition coefficient (Wildman–Crippen LogP) is 1.11. The molecule has 2 aliphatic heterocycles. The number of pyridine rings is 1. The number of sulfonamides is 1. The van der Waals surface area contributed by atoms with E-state index < -0.39 is 22.2 Å². The average Bonchev–Trinajstić information content (AvgIpc) is 3.26. The van der Waals surface area contributed by atoms with Crippen LogP contribution in [-0.4, -0.2) is 45.5 Å². The van der Waals surface area contributed by atoms with Crippen LogP contribution < -0.4 is 19.1 Å². The quantitative estimate of drug-likeness (QED) is 0.832. The highest BCUT2D eigenvalue weighted by molar-refractivity contribution is 7.89. The van der Waals surface area contributed by atoms with Crippen molar-refractivity contribution < 1.29 is 27.4 Å². The van der Waals surface area contributed by atoms with E-state index in [4.69, 9.17) is 14.2 Å². The van der Waals surface area contributed by atoms with Gasteiger partial charge in [0.15, 0.2) is 11.5 Å². The number of nitrogens with zero attached hydrogens (tertiary/aromatic N) is 2. The number of carbonyl (C=O) groups excluding carboxylic acids is 1. The number of ether oxygens (including phenoxy) is 3. The number of aromatic nitrogens is 1. The maximum Gasteiger partial charge on any atom is 0.414 e. The molecular formula is C16H15N3O6S. The number of rotatable bonds is 5. The maximum absolute atomic E-state index is 12.2. The minimum absolute atomic E-state index is 0.0377. The van der Waals surface area contributed by atoms with Crippen LogP contribution in [0.5, 0.6) is 11.5 Å². The van der Waals surface area contributed by atoms with Crippen molar-refractivity contribution >= 4 is 21.8 Å². The molecule has 1 amide bonds. The first-order valence-corrected chi connectivity index (χ1v) is 9.29. The summed E-state index contributed by atoms with van der Waals surface area (Å²) in [5, 5.41) is 0. The van der Waals surface area contributed by atoms with Gasteiger partial charge in [-0.1, -0.05) is 0 Å². The number of fused-ring (bicyclic) bond motifs is 1. The summed E-state index contributed by atoms with van der Waals surface area (Å²) in [6.07, 6.45) is 1.58. The largest absolute Gasteiger partial charge is 0.454 e. The lowest BCUT2D eigenvalue weighted by Gasteiger charge is -2.13. The summed E-state index contributed by atoms with van der Waals surface area (Å²) in [5.74, 6) is 1.16. The van der Waals surface area contributed by atoms with Crippen LogP contribution in [0.3, 0.4) is 0 Å².